The lowest BCUT2D eigenvalue weighted by Crippen LogP contribution is -2.18. The lowest BCUT2D eigenvalue weighted by Gasteiger charge is -2.32. The van der Waals surface area contributed by atoms with Gasteiger partial charge < -0.3 is 15.3 Å². The van der Waals surface area contributed by atoms with E-state index in [-0.39, 0.29) is 28.9 Å². The average Bonchev–Trinajstić information content (AvgIpc) is 2.58. The molecule has 0 amide bonds. The summed E-state index contributed by atoms with van der Waals surface area (Å²) >= 11 is 0. The van der Waals surface area contributed by atoms with Gasteiger partial charge in [-0.15, -0.1) is 0 Å². The van der Waals surface area contributed by atoms with Crippen LogP contribution < -0.4 is 0 Å². The second-order valence-corrected chi connectivity index (χ2v) is 8.08. The fourth-order valence-corrected chi connectivity index (χ4v) is 4.00. The molecule has 1 unspecified atom stereocenters. The molecule has 0 fully saturated rings. The van der Waals surface area contributed by atoms with E-state index in [1.165, 1.54) is 11.6 Å². The molecule has 2 rings (SSSR count). The van der Waals surface area contributed by atoms with Gasteiger partial charge in [0.25, 0.3) is 0 Å². The highest BCUT2D eigenvalue weighted by Crippen LogP contribution is 2.48. The molecule has 3 N–H and O–H groups in total. The van der Waals surface area contributed by atoms with E-state index in [0.717, 1.165) is 31.3 Å². The number of hydrogen-bond acceptors (Lipinski definition) is 3. The van der Waals surface area contributed by atoms with Crippen LogP contribution in [0.4, 0.5) is 0 Å². The van der Waals surface area contributed by atoms with Crippen LogP contribution in [-0.2, 0) is 6.42 Å². The quantitative estimate of drug-likeness (QED) is 0.529. The summed E-state index contributed by atoms with van der Waals surface area (Å²) in [7, 11) is 0. The van der Waals surface area contributed by atoms with Crippen molar-refractivity contribution in [3.05, 3.63) is 46.6 Å². The van der Waals surface area contributed by atoms with Crippen molar-refractivity contribution in [2.24, 2.45) is 11.8 Å². The molecule has 0 saturated heterocycles. The summed E-state index contributed by atoms with van der Waals surface area (Å²) in [6.07, 6.45) is 6.17. The van der Waals surface area contributed by atoms with Crippen molar-refractivity contribution >= 4 is 5.97 Å². The predicted octanol–water partition coefficient (Wildman–Crippen LogP) is 5.79. The Hall–Kier alpha value is -2.23. The SMILES string of the molecule is C=C(C)[C@@H]1CCC(C)=C[C@H]1c1c(O)cc(CCC(C)CC)c(C(=O)O)c1O. The lowest BCUT2D eigenvalue weighted by atomic mass is 9.73. The predicted molar refractivity (Wildman–Crippen MR) is 109 cm³/mol. The van der Waals surface area contributed by atoms with E-state index in [1.807, 2.05) is 19.9 Å². The second kappa shape index (κ2) is 8.64. The minimum atomic E-state index is -1.16. The first-order chi connectivity index (χ1) is 12.7. The molecule has 0 aromatic heterocycles. The highest BCUT2D eigenvalue weighted by atomic mass is 16.4. The first-order valence-electron chi connectivity index (χ1n) is 9.80. The van der Waals surface area contributed by atoms with E-state index in [9.17, 15) is 20.1 Å². The maximum atomic E-state index is 11.9. The molecule has 0 radical (unpaired) electrons. The summed E-state index contributed by atoms with van der Waals surface area (Å²) < 4.78 is 0. The largest absolute Gasteiger partial charge is 0.507 e. The monoisotopic (exact) mass is 372 g/mol. The van der Waals surface area contributed by atoms with Crippen molar-refractivity contribution in [3.8, 4) is 11.5 Å². The maximum Gasteiger partial charge on any atom is 0.339 e. The highest BCUT2D eigenvalue weighted by molar-refractivity contribution is 5.94. The number of phenols is 2. The van der Waals surface area contributed by atoms with Gasteiger partial charge in [0.2, 0.25) is 0 Å². The van der Waals surface area contributed by atoms with Crippen LogP contribution in [0.2, 0.25) is 0 Å². The molecule has 0 spiro atoms. The summed E-state index contributed by atoms with van der Waals surface area (Å²) in [6.45, 7) is 12.2. The molecule has 0 bridgehead atoms. The minimum Gasteiger partial charge on any atom is -0.507 e. The van der Waals surface area contributed by atoms with Gasteiger partial charge in [-0.1, -0.05) is 44.1 Å². The third-order valence-corrected chi connectivity index (χ3v) is 5.93. The summed E-state index contributed by atoms with van der Waals surface area (Å²) in [6, 6.07) is 1.54. The van der Waals surface area contributed by atoms with Crippen molar-refractivity contribution in [3.63, 3.8) is 0 Å². The van der Waals surface area contributed by atoms with E-state index in [0.29, 0.717) is 23.5 Å². The van der Waals surface area contributed by atoms with E-state index in [4.69, 9.17) is 0 Å². The zero-order chi connectivity index (χ0) is 20.3. The third-order valence-electron chi connectivity index (χ3n) is 5.93. The molecule has 4 heteroatoms. The zero-order valence-corrected chi connectivity index (χ0v) is 16.9. The number of phenolic OH excluding ortho intramolecular Hbond substituents is 1. The number of benzene rings is 1. The summed E-state index contributed by atoms with van der Waals surface area (Å²) in [5.41, 5.74) is 2.87. The summed E-state index contributed by atoms with van der Waals surface area (Å²) in [5, 5.41) is 31.3. The molecule has 4 nitrogen and oxygen atoms in total. The van der Waals surface area contributed by atoms with Crippen LogP contribution in [0.1, 0.15) is 80.8 Å². The number of carbonyl (C=O) groups is 1. The van der Waals surface area contributed by atoms with Gasteiger partial charge in [0.05, 0.1) is 0 Å². The Bertz CT molecular complexity index is 760. The fraction of sp³-hybridized carbons (Fsp3) is 0.522. The standard InChI is InChI=1S/C23H32O4/c1-6-14(4)7-9-16-12-19(24)21(22(25)20(16)23(26)27)18-11-15(5)8-10-17(18)13(2)3/h11-12,14,17-18,24-25H,2,6-10H2,1,3-5H3,(H,26,27)/t14?,17-,18+/m0/s1. The number of aromatic carboxylic acids is 1. The van der Waals surface area contributed by atoms with Crippen LogP contribution in [0.3, 0.4) is 0 Å². The molecular weight excluding hydrogens is 340 g/mol. The van der Waals surface area contributed by atoms with Gasteiger partial charge in [-0.2, -0.15) is 0 Å². The fourth-order valence-electron chi connectivity index (χ4n) is 4.00. The van der Waals surface area contributed by atoms with Crippen LogP contribution in [-0.4, -0.2) is 21.3 Å². The van der Waals surface area contributed by atoms with Gasteiger partial charge in [-0.05, 0) is 63.0 Å². The Morgan fingerprint density at radius 1 is 1.37 bits per heavy atom. The topological polar surface area (TPSA) is 77.8 Å². The first kappa shape index (κ1) is 21.1. The van der Waals surface area contributed by atoms with Crippen LogP contribution >= 0.6 is 0 Å². The van der Waals surface area contributed by atoms with Crippen LogP contribution in [0.25, 0.3) is 0 Å². The molecular formula is C23H32O4. The molecule has 1 aliphatic carbocycles. The summed E-state index contributed by atoms with van der Waals surface area (Å²) in [5.74, 6) is -1.23. The first-order valence-corrected chi connectivity index (χ1v) is 9.80. The molecule has 0 saturated carbocycles. The van der Waals surface area contributed by atoms with Gasteiger partial charge >= 0.3 is 5.97 Å². The lowest BCUT2D eigenvalue weighted by molar-refractivity contribution is 0.0692. The Morgan fingerprint density at radius 2 is 2.04 bits per heavy atom. The molecule has 0 aliphatic heterocycles. The number of hydrogen-bond donors (Lipinski definition) is 3. The molecule has 27 heavy (non-hydrogen) atoms. The average molecular weight is 373 g/mol. The Balaban J connectivity index is 2.57. The minimum absolute atomic E-state index is 0.0288. The van der Waals surface area contributed by atoms with Crippen molar-refractivity contribution in [2.75, 3.05) is 0 Å². The Kier molecular flexibility index (Phi) is 6.74. The van der Waals surface area contributed by atoms with Crippen LogP contribution in [0.15, 0.2) is 29.9 Å². The maximum absolute atomic E-state index is 11.9. The van der Waals surface area contributed by atoms with Gasteiger partial charge in [0, 0.05) is 11.5 Å². The van der Waals surface area contributed by atoms with E-state index < -0.39 is 5.97 Å². The van der Waals surface area contributed by atoms with Crippen LogP contribution in [0, 0.1) is 11.8 Å². The van der Waals surface area contributed by atoms with Crippen molar-refractivity contribution in [1.82, 2.24) is 0 Å². The van der Waals surface area contributed by atoms with E-state index in [2.05, 4.69) is 20.4 Å². The Morgan fingerprint density at radius 3 is 2.59 bits per heavy atom. The molecule has 0 heterocycles. The molecule has 1 aromatic rings. The van der Waals surface area contributed by atoms with Gasteiger partial charge in [-0.25, -0.2) is 4.79 Å². The highest BCUT2D eigenvalue weighted by Gasteiger charge is 2.33. The second-order valence-electron chi connectivity index (χ2n) is 8.08. The number of aryl methyl sites for hydroxylation is 1. The number of carboxylic acids is 1. The molecule has 1 aromatic carbocycles. The van der Waals surface area contributed by atoms with Crippen molar-refractivity contribution in [1.29, 1.82) is 0 Å². The van der Waals surface area contributed by atoms with Crippen molar-refractivity contribution < 1.29 is 20.1 Å². The third kappa shape index (κ3) is 4.55. The van der Waals surface area contributed by atoms with Crippen molar-refractivity contribution in [2.45, 2.75) is 65.7 Å². The van der Waals surface area contributed by atoms with Crippen LogP contribution in [0.5, 0.6) is 11.5 Å². The van der Waals surface area contributed by atoms with Gasteiger partial charge in [0.15, 0.2) is 0 Å². The zero-order valence-electron chi connectivity index (χ0n) is 16.9. The Labute approximate surface area is 162 Å². The number of rotatable bonds is 7. The molecule has 148 valence electrons. The number of allylic oxidation sites excluding steroid dienone is 3. The van der Waals surface area contributed by atoms with Gasteiger partial charge in [-0.3, -0.25) is 0 Å². The molecule has 1 aliphatic rings. The smallest absolute Gasteiger partial charge is 0.339 e. The molecule has 3 atom stereocenters. The summed E-state index contributed by atoms with van der Waals surface area (Å²) in [4.78, 5) is 11.9. The van der Waals surface area contributed by atoms with E-state index >= 15 is 0 Å². The normalized spacial score (nSPS) is 20.8. The number of carboxylic acid groups (broad SMARTS) is 1. The van der Waals surface area contributed by atoms with Gasteiger partial charge in [0.1, 0.15) is 17.1 Å². The van der Waals surface area contributed by atoms with E-state index in [1.54, 1.807) is 0 Å². The number of aromatic hydroxyl groups is 2.